The minimum Gasteiger partial charge on any atom is -0.486 e. The molecule has 146 valence electrons. The summed E-state index contributed by atoms with van der Waals surface area (Å²) in [4.78, 5) is 2.55. The second-order valence-electron chi connectivity index (χ2n) is 6.90. The minimum absolute atomic E-state index is 0.109. The Balaban J connectivity index is 1.73. The van der Waals surface area contributed by atoms with Crippen molar-refractivity contribution in [2.24, 2.45) is 0 Å². The van der Waals surface area contributed by atoms with Gasteiger partial charge in [-0.15, -0.1) is 0 Å². The Morgan fingerprint density at radius 3 is 2.41 bits per heavy atom. The zero-order valence-electron chi connectivity index (χ0n) is 15.3. The van der Waals surface area contributed by atoms with Gasteiger partial charge in [0, 0.05) is 17.4 Å². The fraction of sp³-hybridized carbons (Fsp3) is 0.429. The largest absolute Gasteiger partial charge is 0.486 e. The van der Waals surface area contributed by atoms with Gasteiger partial charge in [-0.25, -0.2) is 0 Å². The standard InChI is InChI=1S/C21H24F3NOS/c1-25-14-6-5-9-17(25)15-20(16-7-3-2-4-8-16)26-18-10-12-19(13-11-18)27-21(22,23)24/h2-4,7-8,10-13,17,20H,5-6,9,14-15H2,1H3. The number of hydrogen-bond donors (Lipinski definition) is 0. The highest BCUT2D eigenvalue weighted by Gasteiger charge is 2.29. The summed E-state index contributed by atoms with van der Waals surface area (Å²) < 4.78 is 43.7. The molecule has 3 rings (SSSR count). The molecule has 0 bridgehead atoms. The first kappa shape index (κ1) is 20.1. The van der Waals surface area contributed by atoms with Crippen LogP contribution in [-0.4, -0.2) is 30.0 Å². The molecule has 2 nitrogen and oxygen atoms in total. The SMILES string of the molecule is CN1CCCCC1CC(Oc1ccc(SC(F)(F)F)cc1)c1ccccc1. The van der Waals surface area contributed by atoms with E-state index in [-0.39, 0.29) is 22.8 Å². The van der Waals surface area contributed by atoms with Gasteiger partial charge in [0.1, 0.15) is 11.9 Å². The number of hydrogen-bond acceptors (Lipinski definition) is 3. The molecule has 1 heterocycles. The Labute approximate surface area is 162 Å². The smallest absolute Gasteiger partial charge is 0.446 e. The van der Waals surface area contributed by atoms with Crippen LogP contribution in [0, 0.1) is 0 Å². The Morgan fingerprint density at radius 2 is 1.78 bits per heavy atom. The average Bonchev–Trinajstić information content (AvgIpc) is 2.64. The highest BCUT2D eigenvalue weighted by molar-refractivity contribution is 8.00. The van der Waals surface area contributed by atoms with Crippen LogP contribution in [0.1, 0.15) is 37.4 Å². The monoisotopic (exact) mass is 395 g/mol. The number of alkyl halides is 3. The lowest BCUT2D eigenvalue weighted by molar-refractivity contribution is -0.0328. The second kappa shape index (κ2) is 9.02. The van der Waals surface area contributed by atoms with Gasteiger partial charge in [0.15, 0.2) is 0 Å². The minimum atomic E-state index is -4.28. The molecule has 1 aliphatic heterocycles. The first-order valence-corrected chi connectivity index (χ1v) is 10.00. The third-order valence-corrected chi connectivity index (χ3v) is 5.65. The fourth-order valence-corrected chi connectivity index (χ4v) is 4.03. The summed E-state index contributed by atoms with van der Waals surface area (Å²) in [6, 6.07) is 16.6. The number of rotatable bonds is 6. The maximum atomic E-state index is 12.5. The van der Waals surface area contributed by atoms with Crippen molar-refractivity contribution in [1.82, 2.24) is 4.90 Å². The third-order valence-electron chi connectivity index (χ3n) is 4.91. The van der Waals surface area contributed by atoms with Gasteiger partial charge in [0.2, 0.25) is 0 Å². The normalized spacial score (nSPS) is 19.6. The number of halogens is 3. The quantitative estimate of drug-likeness (QED) is 0.533. The highest BCUT2D eigenvalue weighted by atomic mass is 32.2. The van der Waals surface area contributed by atoms with Crippen LogP contribution in [0.4, 0.5) is 13.2 Å². The molecule has 0 aliphatic carbocycles. The van der Waals surface area contributed by atoms with Gasteiger partial charge in [-0.3, -0.25) is 0 Å². The van der Waals surface area contributed by atoms with Gasteiger partial charge < -0.3 is 9.64 Å². The summed E-state index contributed by atoms with van der Waals surface area (Å²) in [5, 5.41) is 0. The molecule has 0 spiro atoms. The van der Waals surface area contributed by atoms with Crippen molar-refractivity contribution in [3.63, 3.8) is 0 Å². The van der Waals surface area contributed by atoms with Crippen molar-refractivity contribution in [2.75, 3.05) is 13.6 Å². The second-order valence-corrected chi connectivity index (χ2v) is 8.04. The zero-order chi connectivity index (χ0) is 19.3. The summed E-state index contributed by atoms with van der Waals surface area (Å²) >= 11 is -0.109. The summed E-state index contributed by atoms with van der Waals surface area (Å²) in [5.41, 5.74) is -3.19. The van der Waals surface area contributed by atoms with E-state index in [1.807, 2.05) is 30.3 Å². The molecule has 6 heteroatoms. The van der Waals surface area contributed by atoms with Gasteiger partial charge in [-0.2, -0.15) is 13.2 Å². The van der Waals surface area contributed by atoms with Gasteiger partial charge >= 0.3 is 5.51 Å². The van der Waals surface area contributed by atoms with Crippen LogP contribution >= 0.6 is 11.8 Å². The number of nitrogens with zero attached hydrogens (tertiary/aromatic N) is 1. The van der Waals surface area contributed by atoms with Gasteiger partial charge in [-0.1, -0.05) is 36.8 Å². The van der Waals surface area contributed by atoms with Crippen LogP contribution in [0.5, 0.6) is 5.75 Å². The molecule has 0 N–H and O–H groups in total. The molecule has 27 heavy (non-hydrogen) atoms. The van der Waals surface area contributed by atoms with E-state index in [0.29, 0.717) is 11.8 Å². The first-order chi connectivity index (χ1) is 12.9. The first-order valence-electron chi connectivity index (χ1n) is 9.18. The number of benzene rings is 2. The lowest BCUT2D eigenvalue weighted by Crippen LogP contribution is -2.37. The molecule has 2 aromatic rings. The summed E-state index contributed by atoms with van der Waals surface area (Å²) in [6.07, 6.45) is 4.32. The predicted octanol–water partition coefficient (Wildman–Crippen LogP) is 6.29. The summed E-state index contributed by atoms with van der Waals surface area (Å²) in [6.45, 7) is 1.09. The molecule has 2 atom stereocenters. The van der Waals surface area contributed by atoms with Crippen molar-refractivity contribution in [3.05, 3.63) is 60.2 Å². The Bertz CT molecular complexity index is 706. The number of piperidine rings is 1. The maximum absolute atomic E-state index is 12.5. The molecule has 1 saturated heterocycles. The van der Waals surface area contributed by atoms with E-state index >= 15 is 0 Å². The van der Waals surface area contributed by atoms with Gasteiger partial charge in [0.25, 0.3) is 0 Å². The van der Waals surface area contributed by atoms with E-state index in [4.69, 9.17) is 4.74 Å². The van der Waals surface area contributed by atoms with Gasteiger partial charge in [-0.05, 0) is 68.0 Å². The zero-order valence-corrected chi connectivity index (χ0v) is 16.1. The van der Waals surface area contributed by atoms with Crippen LogP contribution in [0.25, 0.3) is 0 Å². The highest BCUT2D eigenvalue weighted by Crippen LogP contribution is 2.38. The fourth-order valence-electron chi connectivity index (χ4n) is 3.49. The molecule has 0 radical (unpaired) electrons. The van der Waals surface area contributed by atoms with Crippen molar-refractivity contribution in [1.29, 1.82) is 0 Å². The van der Waals surface area contributed by atoms with Crippen LogP contribution in [0.2, 0.25) is 0 Å². The topological polar surface area (TPSA) is 12.5 Å². The molecular weight excluding hydrogens is 371 g/mol. The summed E-state index contributed by atoms with van der Waals surface area (Å²) in [5.74, 6) is 0.592. The maximum Gasteiger partial charge on any atom is 0.446 e. The Morgan fingerprint density at radius 1 is 1.07 bits per heavy atom. The molecule has 0 amide bonds. The number of ether oxygens (including phenoxy) is 1. The number of likely N-dealkylation sites (tertiary alicyclic amines) is 1. The van der Waals surface area contributed by atoms with E-state index in [1.54, 1.807) is 12.1 Å². The summed E-state index contributed by atoms with van der Waals surface area (Å²) in [7, 11) is 2.15. The van der Waals surface area contributed by atoms with Crippen molar-refractivity contribution in [3.8, 4) is 5.75 Å². The lowest BCUT2D eigenvalue weighted by atomic mass is 9.94. The number of thioether (sulfide) groups is 1. The van der Waals surface area contributed by atoms with Crippen LogP contribution in [-0.2, 0) is 0 Å². The van der Waals surface area contributed by atoms with Crippen molar-refractivity contribution < 1.29 is 17.9 Å². The molecule has 0 aromatic heterocycles. The van der Waals surface area contributed by atoms with E-state index in [2.05, 4.69) is 11.9 Å². The van der Waals surface area contributed by atoms with Crippen LogP contribution in [0.3, 0.4) is 0 Å². The van der Waals surface area contributed by atoms with Crippen molar-refractivity contribution in [2.45, 2.75) is 48.2 Å². The molecule has 2 aromatic carbocycles. The van der Waals surface area contributed by atoms with Crippen LogP contribution < -0.4 is 4.74 Å². The van der Waals surface area contributed by atoms with E-state index < -0.39 is 5.51 Å². The Kier molecular flexibility index (Phi) is 6.71. The van der Waals surface area contributed by atoms with Gasteiger partial charge in [0.05, 0.1) is 0 Å². The van der Waals surface area contributed by atoms with E-state index in [1.165, 1.54) is 25.0 Å². The molecule has 1 aliphatic rings. The average molecular weight is 395 g/mol. The van der Waals surface area contributed by atoms with E-state index in [9.17, 15) is 13.2 Å². The Hall–Kier alpha value is -1.66. The van der Waals surface area contributed by atoms with Crippen molar-refractivity contribution >= 4 is 11.8 Å². The molecular formula is C21H24F3NOS. The lowest BCUT2D eigenvalue weighted by Gasteiger charge is -2.35. The van der Waals surface area contributed by atoms with Crippen LogP contribution in [0.15, 0.2) is 59.5 Å². The molecule has 2 unspecified atom stereocenters. The van der Waals surface area contributed by atoms with E-state index in [0.717, 1.165) is 24.9 Å². The third kappa shape index (κ3) is 6.18. The molecule has 0 saturated carbocycles. The molecule has 1 fully saturated rings. The predicted molar refractivity (Wildman–Crippen MR) is 103 cm³/mol.